The standard InChI is InChI=1S/C21H27NO6/c1-14(22-9-8-15-4-6-18(24-2)20(10-15)25-3)17(23)12-26-16-5-7-19-21(11-16)28-13-27-19/h4-7,10-11,14,17,22-23H,8-9,12-13H2,1-3H3. The summed E-state index contributed by atoms with van der Waals surface area (Å²) in [5.74, 6) is 3.43. The monoisotopic (exact) mass is 389 g/mol. The molecule has 7 heteroatoms. The molecular formula is C21H27NO6. The van der Waals surface area contributed by atoms with Gasteiger partial charge in [-0.25, -0.2) is 0 Å². The maximum Gasteiger partial charge on any atom is 0.231 e. The van der Waals surface area contributed by atoms with E-state index in [1.54, 1.807) is 32.4 Å². The molecule has 1 aliphatic heterocycles. The normalized spacial score (nSPS) is 14.4. The molecule has 0 radical (unpaired) electrons. The Hall–Kier alpha value is -2.64. The lowest BCUT2D eigenvalue weighted by molar-refractivity contribution is 0.0787. The average molecular weight is 389 g/mol. The van der Waals surface area contributed by atoms with Gasteiger partial charge in [-0.15, -0.1) is 0 Å². The van der Waals surface area contributed by atoms with Gasteiger partial charge in [-0.1, -0.05) is 6.07 Å². The molecule has 0 fully saturated rings. The predicted octanol–water partition coefficient (Wildman–Crippen LogP) is 2.39. The lowest BCUT2D eigenvalue weighted by atomic mass is 10.1. The van der Waals surface area contributed by atoms with E-state index in [2.05, 4.69) is 5.32 Å². The van der Waals surface area contributed by atoms with Crippen LogP contribution < -0.4 is 29.0 Å². The van der Waals surface area contributed by atoms with Crippen molar-refractivity contribution in [2.24, 2.45) is 0 Å². The zero-order valence-electron chi connectivity index (χ0n) is 16.4. The van der Waals surface area contributed by atoms with Gasteiger partial charge in [0, 0.05) is 12.1 Å². The number of aliphatic hydroxyl groups excluding tert-OH is 1. The SMILES string of the molecule is COc1ccc(CCNC(C)C(O)COc2ccc3c(c2)OCO3)cc1OC. The van der Waals surface area contributed by atoms with Crippen LogP contribution in [-0.2, 0) is 6.42 Å². The van der Waals surface area contributed by atoms with Crippen molar-refractivity contribution in [1.82, 2.24) is 5.32 Å². The van der Waals surface area contributed by atoms with E-state index >= 15 is 0 Å². The molecular weight excluding hydrogens is 362 g/mol. The zero-order valence-corrected chi connectivity index (χ0v) is 16.4. The number of methoxy groups -OCH3 is 2. The molecule has 2 atom stereocenters. The fourth-order valence-corrected chi connectivity index (χ4v) is 2.91. The van der Waals surface area contributed by atoms with Crippen LogP contribution in [-0.4, -0.2) is 51.4 Å². The van der Waals surface area contributed by atoms with E-state index in [9.17, 15) is 5.11 Å². The first-order chi connectivity index (χ1) is 13.6. The van der Waals surface area contributed by atoms with Crippen molar-refractivity contribution in [3.8, 4) is 28.7 Å². The van der Waals surface area contributed by atoms with Gasteiger partial charge in [0.05, 0.1) is 14.2 Å². The minimum absolute atomic E-state index is 0.117. The fourth-order valence-electron chi connectivity index (χ4n) is 2.91. The Morgan fingerprint density at radius 3 is 2.61 bits per heavy atom. The molecule has 0 aliphatic carbocycles. The maximum atomic E-state index is 10.3. The van der Waals surface area contributed by atoms with Crippen molar-refractivity contribution in [3.63, 3.8) is 0 Å². The molecule has 3 rings (SSSR count). The number of ether oxygens (including phenoxy) is 5. The summed E-state index contributed by atoms with van der Waals surface area (Å²) in [5.41, 5.74) is 1.13. The summed E-state index contributed by atoms with van der Waals surface area (Å²) in [6, 6.07) is 11.1. The van der Waals surface area contributed by atoms with Crippen molar-refractivity contribution in [1.29, 1.82) is 0 Å². The van der Waals surface area contributed by atoms with Gasteiger partial charge < -0.3 is 34.1 Å². The highest BCUT2D eigenvalue weighted by Crippen LogP contribution is 2.35. The average Bonchev–Trinajstić information content (AvgIpc) is 3.19. The Bertz CT molecular complexity index is 781. The second kappa shape index (κ2) is 9.52. The topological polar surface area (TPSA) is 78.4 Å². The number of aliphatic hydroxyl groups is 1. The van der Waals surface area contributed by atoms with Crippen LogP contribution in [0.3, 0.4) is 0 Å². The van der Waals surface area contributed by atoms with Gasteiger partial charge in [0.2, 0.25) is 6.79 Å². The van der Waals surface area contributed by atoms with Gasteiger partial charge in [0.1, 0.15) is 18.5 Å². The van der Waals surface area contributed by atoms with Gasteiger partial charge in [-0.3, -0.25) is 0 Å². The number of nitrogens with one attached hydrogen (secondary N) is 1. The quantitative estimate of drug-likeness (QED) is 0.646. The van der Waals surface area contributed by atoms with Crippen LogP contribution in [0.4, 0.5) is 0 Å². The van der Waals surface area contributed by atoms with Gasteiger partial charge in [-0.2, -0.15) is 0 Å². The molecule has 0 aromatic heterocycles. The van der Waals surface area contributed by atoms with E-state index < -0.39 is 6.10 Å². The number of benzene rings is 2. The molecule has 1 heterocycles. The molecule has 0 bridgehead atoms. The molecule has 2 aromatic rings. The highest BCUT2D eigenvalue weighted by atomic mass is 16.7. The van der Waals surface area contributed by atoms with E-state index in [0.717, 1.165) is 18.5 Å². The first kappa shape index (κ1) is 20.1. The van der Waals surface area contributed by atoms with E-state index in [1.165, 1.54) is 0 Å². The van der Waals surface area contributed by atoms with Crippen molar-refractivity contribution in [2.45, 2.75) is 25.5 Å². The smallest absolute Gasteiger partial charge is 0.231 e. The van der Waals surface area contributed by atoms with E-state index in [0.29, 0.717) is 28.7 Å². The molecule has 2 aromatic carbocycles. The third kappa shape index (κ3) is 4.99. The molecule has 152 valence electrons. The maximum absolute atomic E-state index is 10.3. The lowest BCUT2D eigenvalue weighted by Gasteiger charge is -2.21. The molecule has 28 heavy (non-hydrogen) atoms. The van der Waals surface area contributed by atoms with Gasteiger partial charge >= 0.3 is 0 Å². The van der Waals surface area contributed by atoms with Gasteiger partial charge in [-0.05, 0) is 49.7 Å². The molecule has 1 aliphatic rings. The Morgan fingerprint density at radius 2 is 1.82 bits per heavy atom. The van der Waals surface area contributed by atoms with Crippen LogP contribution in [0, 0.1) is 0 Å². The Balaban J connectivity index is 1.42. The van der Waals surface area contributed by atoms with Crippen LogP contribution in [0.15, 0.2) is 36.4 Å². The van der Waals surface area contributed by atoms with Crippen LogP contribution in [0.25, 0.3) is 0 Å². The molecule has 2 N–H and O–H groups in total. The van der Waals surface area contributed by atoms with Gasteiger partial charge in [0.15, 0.2) is 23.0 Å². The Labute approximate surface area is 165 Å². The summed E-state index contributed by atoms with van der Waals surface area (Å²) in [4.78, 5) is 0. The predicted molar refractivity (Wildman–Crippen MR) is 105 cm³/mol. The lowest BCUT2D eigenvalue weighted by Crippen LogP contribution is -2.41. The second-order valence-electron chi connectivity index (χ2n) is 6.58. The summed E-state index contributed by atoms with van der Waals surface area (Å²) in [5, 5.41) is 13.7. The zero-order chi connectivity index (χ0) is 19.9. The second-order valence-corrected chi connectivity index (χ2v) is 6.58. The molecule has 0 spiro atoms. The van der Waals surface area contributed by atoms with Crippen LogP contribution in [0.5, 0.6) is 28.7 Å². The van der Waals surface area contributed by atoms with Crippen LogP contribution >= 0.6 is 0 Å². The number of hydrogen-bond donors (Lipinski definition) is 2. The van der Waals surface area contributed by atoms with E-state index in [-0.39, 0.29) is 19.4 Å². The molecule has 2 unspecified atom stereocenters. The van der Waals surface area contributed by atoms with Gasteiger partial charge in [0.25, 0.3) is 0 Å². The molecule has 0 saturated carbocycles. The number of rotatable bonds is 10. The highest BCUT2D eigenvalue weighted by molar-refractivity contribution is 5.47. The van der Waals surface area contributed by atoms with Crippen molar-refractivity contribution < 1.29 is 28.8 Å². The first-order valence-electron chi connectivity index (χ1n) is 9.25. The first-order valence-corrected chi connectivity index (χ1v) is 9.25. The van der Waals surface area contributed by atoms with E-state index in [1.807, 2.05) is 25.1 Å². The van der Waals surface area contributed by atoms with Crippen LogP contribution in [0.2, 0.25) is 0 Å². The summed E-state index contributed by atoms with van der Waals surface area (Å²) >= 11 is 0. The van der Waals surface area contributed by atoms with Crippen molar-refractivity contribution >= 4 is 0 Å². The van der Waals surface area contributed by atoms with E-state index in [4.69, 9.17) is 23.7 Å². The molecule has 0 amide bonds. The third-order valence-electron chi connectivity index (χ3n) is 4.67. The Kier molecular flexibility index (Phi) is 6.84. The highest BCUT2D eigenvalue weighted by Gasteiger charge is 2.17. The summed E-state index contributed by atoms with van der Waals surface area (Å²) in [6.07, 6.45) is 0.163. The summed E-state index contributed by atoms with van der Waals surface area (Å²) in [7, 11) is 3.24. The number of fused-ring (bicyclic) bond motifs is 1. The third-order valence-corrected chi connectivity index (χ3v) is 4.67. The minimum Gasteiger partial charge on any atom is -0.493 e. The number of hydrogen-bond acceptors (Lipinski definition) is 7. The summed E-state index contributed by atoms with van der Waals surface area (Å²) < 4.78 is 26.9. The molecule has 0 saturated heterocycles. The van der Waals surface area contributed by atoms with Crippen molar-refractivity contribution in [3.05, 3.63) is 42.0 Å². The summed E-state index contributed by atoms with van der Waals surface area (Å²) in [6.45, 7) is 3.06. The Morgan fingerprint density at radius 1 is 1.04 bits per heavy atom. The van der Waals surface area contributed by atoms with Crippen molar-refractivity contribution in [2.75, 3.05) is 34.2 Å². The minimum atomic E-state index is -0.643. The molecule has 7 nitrogen and oxygen atoms in total. The fraction of sp³-hybridized carbons (Fsp3) is 0.429. The van der Waals surface area contributed by atoms with Crippen LogP contribution in [0.1, 0.15) is 12.5 Å². The largest absolute Gasteiger partial charge is 0.493 e.